The van der Waals surface area contributed by atoms with Gasteiger partial charge in [0.25, 0.3) is 0 Å². The molecular formula is C8H15N5O. The van der Waals surface area contributed by atoms with Crippen molar-refractivity contribution < 1.29 is 4.74 Å². The summed E-state index contributed by atoms with van der Waals surface area (Å²) < 4.78 is 4.99. The van der Waals surface area contributed by atoms with Gasteiger partial charge in [-0.05, 0) is 6.92 Å². The van der Waals surface area contributed by atoms with Crippen molar-refractivity contribution in [1.29, 1.82) is 0 Å². The van der Waals surface area contributed by atoms with Gasteiger partial charge in [-0.1, -0.05) is 0 Å². The summed E-state index contributed by atoms with van der Waals surface area (Å²) in [5, 5.41) is 3.15. The number of hydrogen-bond donors (Lipinski definition) is 3. The van der Waals surface area contributed by atoms with Gasteiger partial charge in [-0.3, -0.25) is 0 Å². The third kappa shape index (κ3) is 3.15. The van der Waals surface area contributed by atoms with Crippen LogP contribution in [-0.2, 0) is 4.74 Å². The van der Waals surface area contributed by atoms with Crippen LogP contribution in [0.5, 0.6) is 0 Å². The molecule has 6 nitrogen and oxygen atoms in total. The van der Waals surface area contributed by atoms with Crippen molar-refractivity contribution in [2.45, 2.75) is 13.0 Å². The first-order valence-electron chi connectivity index (χ1n) is 4.30. The summed E-state index contributed by atoms with van der Waals surface area (Å²) in [6, 6.07) is 1.92. The molecule has 0 aliphatic rings. The molecule has 0 aliphatic heterocycles. The van der Waals surface area contributed by atoms with Crippen LogP contribution in [0.2, 0.25) is 0 Å². The fourth-order valence-corrected chi connectivity index (χ4v) is 1.06. The Morgan fingerprint density at radius 3 is 2.86 bits per heavy atom. The predicted molar refractivity (Wildman–Crippen MR) is 54.8 cm³/mol. The van der Waals surface area contributed by atoms with Crippen molar-refractivity contribution in [3.8, 4) is 0 Å². The number of nitrogens with two attached hydrogens (primary N) is 1. The van der Waals surface area contributed by atoms with Crippen molar-refractivity contribution in [2.24, 2.45) is 5.84 Å². The van der Waals surface area contributed by atoms with Crippen molar-refractivity contribution in [3.05, 3.63) is 12.4 Å². The third-order valence-corrected chi connectivity index (χ3v) is 1.63. The molecule has 1 atom stereocenters. The van der Waals surface area contributed by atoms with Crippen LogP contribution in [0.15, 0.2) is 12.4 Å². The van der Waals surface area contributed by atoms with Crippen LogP contribution >= 0.6 is 0 Å². The summed E-state index contributed by atoms with van der Waals surface area (Å²) >= 11 is 0. The predicted octanol–water partition coefficient (Wildman–Crippen LogP) is 0.209. The normalized spacial score (nSPS) is 12.2. The molecule has 1 aromatic rings. The quantitative estimate of drug-likeness (QED) is 0.462. The Morgan fingerprint density at radius 1 is 1.50 bits per heavy atom. The van der Waals surface area contributed by atoms with Gasteiger partial charge < -0.3 is 15.5 Å². The van der Waals surface area contributed by atoms with Gasteiger partial charge in [0, 0.05) is 19.2 Å². The van der Waals surface area contributed by atoms with E-state index in [1.165, 1.54) is 6.33 Å². The number of rotatable bonds is 5. The van der Waals surface area contributed by atoms with Crippen molar-refractivity contribution in [3.63, 3.8) is 0 Å². The number of nitrogen functional groups attached to an aromatic ring is 1. The van der Waals surface area contributed by atoms with Crippen molar-refractivity contribution in [2.75, 3.05) is 24.5 Å². The van der Waals surface area contributed by atoms with Gasteiger partial charge >= 0.3 is 0 Å². The van der Waals surface area contributed by atoms with E-state index in [1.54, 1.807) is 13.2 Å². The van der Waals surface area contributed by atoms with Crippen LogP contribution in [0.1, 0.15) is 6.92 Å². The van der Waals surface area contributed by atoms with Crippen LogP contribution in [-0.4, -0.2) is 29.7 Å². The number of methoxy groups -OCH3 is 1. The number of nitrogens with one attached hydrogen (secondary N) is 2. The first kappa shape index (κ1) is 10.7. The summed E-state index contributed by atoms with van der Waals surface area (Å²) in [4.78, 5) is 7.93. The minimum Gasteiger partial charge on any atom is -0.383 e. The zero-order chi connectivity index (χ0) is 10.4. The lowest BCUT2D eigenvalue weighted by atomic mass is 10.3. The van der Waals surface area contributed by atoms with E-state index in [4.69, 9.17) is 10.6 Å². The maximum Gasteiger partial charge on any atom is 0.145 e. The third-order valence-electron chi connectivity index (χ3n) is 1.63. The van der Waals surface area contributed by atoms with Crippen LogP contribution in [0.4, 0.5) is 11.6 Å². The molecule has 14 heavy (non-hydrogen) atoms. The van der Waals surface area contributed by atoms with E-state index in [9.17, 15) is 0 Å². The van der Waals surface area contributed by atoms with Crippen LogP contribution in [0.3, 0.4) is 0 Å². The molecule has 1 rings (SSSR count). The minimum atomic E-state index is 0.195. The minimum absolute atomic E-state index is 0.195. The Bertz CT molecular complexity index is 280. The van der Waals surface area contributed by atoms with Crippen molar-refractivity contribution >= 4 is 11.6 Å². The molecule has 1 heterocycles. The molecule has 0 bridgehead atoms. The molecule has 0 amide bonds. The fourth-order valence-electron chi connectivity index (χ4n) is 1.06. The second-order valence-electron chi connectivity index (χ2n) is 2.93. The maximum absolute atomic E-state index is 5.22. The number of aromatic nitrogens is 2. The second-order valence-corrected chi connectivity index (χ2v) is 2.93. The van der Waals surface area contributed by atoms with E-state index in [-0.39, 0.29) is 6.04 Å². The highest BCUT2D eigenvalue weighted by Gasteiger charge is 2.02. The molecule has 0 saturated carbocycles. The van der Waals surface area contributed by atoms with Gasteiger partial charge in [-0.25, -0.2) is 15.8 Å². The Kier molecular flexibility index (Phi) is 4.09. The van der Waals surface area contributed by atoms with E-state index in [2.05, 4.69) is 20.7 Å². The molecular weight excluding hydrogens is 182 g/mol. The molecule has 4 N–H and O–H groups in total. The summed E-state index contributed by atoms with van der Waals surface area (Å²) in [5.41, 5.74) is 2.45. The van der Waals surface area contributed by atoms with E-state index in [1.807, 2.05) is 6.92 Å². The number of hydrogen-bond acceptors (Lipinski definition) is 6. The summed E-state index contributed by atoms with van der Waals surface area (Å²) in [7, 11) is 1.66. The lowest BCUT2D eigenvalue weighted by Gasteiger charge is -2.13. The zero-order valence-corrected chi connectivity index (χ0v) is 8.32. The molecule has 0 aliphatic carbocycles. The Morgan fingerprint density at radius 2 is 2.21 bits per heavy atom. The SMILES string of the molecule is COCC(C)Nc1cc(NN)ncn1. The lowest BCUT2D eigenvalue weighted by molar-refractivity contribution is 0.190. The van der Waals surface area contributed by atoms with E-state index >= 15 is 0 Å². The average molecular weight is 197 g/mol. The maximum atomic E-state index is 5.22. The van der Waals surface area contributed by atoms with Crippen LogP contribution < -0.4 is 16.6 Å². The standard InChI is InChI=1S/C8H15N5O/c1-6(4-14-2)12-7-3-8(13-9)11-5-10-7/h3,5-6H,4,9H2,1-2H3,(H2,10,11,12,13). The van der Waals surface area contributed by atoms with Crippen LogP contribution in [0, 0.1) is 0 Å². The molecule has 0 saturated heterocycles. The molecule has 0 radical (unpaired) electrons. The summed E-state index contributed by atoms with van der Waals surface area (Å²) in [6.07, 6.45) is 1.44. The number of nitrogens with zero attached hydrogens (tertiary/aromatic N) is 2. The van der Waals surface area contributed by atoms with E-state index in [0.29, 0.717) is 12.4 Å². The van der Waals surface area contributed by atoms with Gasteiger partial charge in [-0.2, -0.15) is 0 Å². The number of ether oxygens (including phenoxy) is 1. The largest absolute Gasteiger partial charge is 0.383 e. The lowest BCUT2D eigenvalue weighted by Crippen LogP contribution is -2.21. The average Bonchev–Trinajstić information content (AvgIpc) is 2.18. The number of hydrazine groups is 1. The Balaban J connectivity index is 2.57. The Labute approximate surface area is 82.9 Å². The van der Waals surface area contributed by atoms with Gasteiger partial charge in [-0.15, -0.1) is 0 Å². The highest BCUT2D eigenvalue weighted by atomic mass is 16.5. The summed E-state index contributed by atoms with van der Waals surface area (Å²) in [6.45, 7) is 2.62. The Hall–Kier alpha value is -1.40. The van der Waals surface area contributed by atoms with E-state index < -0.39 is 0 Å². The molecule has 6 heteroatoms. The monoisotopic (exact) mass is 197 g/mol. The molecule has 0 aromatic carbocycles. The highest BCUT2D eigenvalue weighted by Crippen LogP contribution is 2.08. The molecule has 1 aromatic heterocycles. The van der Waals surface area contributed by atoms with Gasteiger partial charge in [0.1, 0.15) is 18.0 Å². The second kappa shape index (κ2) is 5.36. The number of anilines is 2. The molecule has 1 unspecified atom stereocenters. The first-order chi connectivity index (χ1) is 6.76. The topological polar surface area (TPSA) is 85.1 Å². The first-order valence-corrected chi connectivity index (χ1v) is 4.30. The smallest absolute Gasteiger partial charge is 0.145 e. The molecule has 0 spiro atoms. The van der Waals surface area contributed by atoms with Gasteiger partial charge in [0.15, 0.2) is 0 Å². The molecule has 0 fully saturated rings. The zero-order valence-electron chi connectivity index (χ0n) is 8.32. The van der Waals surface area contributed by atoms with Gasteiger partial charge in [0.2, 0.25) is 0 Å². The van der Waals surface area contributed by atoms with Crippen LogP contribution in [0.25, 0.3) is 0 Å². The fraction of sp³-hybridized carbons (Fsp3) is 0.500. The highest BCUT2D eigenvalue weighted by molar-refractivity contribution is 5.45. The molecule has 78 valence electrons. The van der Waals surface area contributed by atoms with Crippen molar-refractivity contribution in [1.82, 2.24) is 9.97 Å². The van der Waals surface area contributed by atoms with Gasteiger partial charge in [0.05, 0.1) is 6.61 Å². The summed E-state index contributed by atoms with van der Waals surface area (Å²) in [5.74, 6) is 6.51. The van der Waals surface area contributed by atoms with E-state index in [0.717, 1.165) is 5.82 Å².